The summed E-state index contributed by atoms with van der Waals surface area (Å²) in [6.07, 6.45) is -2.84. The topological polar surface area (TPSA) is 114 Å². The van der Waals surface area contributed by atoms with E-state index in [-0.39, 0.29) is 0 Å². The van der Waals surface area contributed by atoms with Crippen molar-refractivity contribution in [3.05, 3.63) is 0 Å². The third-order valence-corrected chi connectivity index (χ3v) is 0.318. The Morgan fingerprint density at radius 3 is 2.33 bits per heavy atom. The predicted octanol–water partition coefficient (Wildman–Crippen LogP) is 0.127. The molecule has 0 aromatic heterocycles. The molecule has 7 nitrogen and oxygen atoms in total. The molecule has 7 heteroatoms. The summed E-state index contributed by atoms with van der Waals surface area (Å²) in [5.74, 6) is 4.26. The molecule has 9 heavy (non-hydrogen) atoms. The highest BCUT2D eigenvalue weighted by atomic mass is 16.7. The first-order chi connectivity index (χ1) is 4.16. The molecule has 0 saturated heterocycles. The highest BCUT2D eigenvalue weighted by Crippen LogP contribution is 1.80. The van der Waals surface area contributed by atoms with Gasteiger partial charge in [-0.2, -0.15) is 5.90 Å². The fraction of sp³-hybridized carbons (Fsp3) is 0. The van der Waals surface area contributed by atoms with Crippen LogP contribution in [0.4, 0.5) is 9.59 Å². The van der Waals surface area contributed by atoms with Crippen LogP contribution in [0.15, 0.2) is 10.2 Å². The van der Waals surface area contributed by atoms with Gasteiger partial charge in [0.05, 0.1) is 0 Å². The second-order valence-corrected chi connectivity index (χ2v) is 0.866. The van der Waals surface area contributed by atoms with Gasteiger partial charge in [-0.1, -0.05) is 10.2 Å². The van der Waals surface area contributed by atoms with Crippen molar-refractivity contribution >= 4 is 12.2 Å². The quantitative estimate of drug-likeness (QED) is 0.360. The van der Waals surface area contributed by atoms with Gasteiger partial charge in [0, 0.05) is 0 Å². The van der Waals surface area contributed by atoms with Crippen LogP contribution in [-0.2, 0) is 4.84 Å². The van der Waals surface area contributed by atoms with Crippen LogP contribution in [0.1, 0.15) is 0 Å². The normalized spacial score (nSPS) is 9.44. The van der Waals surface area contributed by atoms with Gasteiger partial charge in [0.1, 0.15) is 0 Å². The standard InChI is InChI=1S/C2H3N3O4/c3-9-2(8)5-4-1(6)7/h3H2,(H,6,7). The van der Waals surface area contributed by atoms with Crippen molar-refractivity contribution in [1.82, 2.24) is 0 Å². The number of nitrogens with two attached hydrogens (primary N) is 1. The molecular formula is C2H3N3O4. The molecule has 0 aromatic rings. The van der Waals surface area contributed by atoms with Crippen molar-refractivity contribution in [3.63, 3.8) is 0 Å². The van der Waals surface area contributed by atoms with E-state index in [1.807, 2.05) is 0 Å². The zero-order valence-corrected chi connectivity index (χ0v) is 4.14. The number of rotatable bonds is 0. The Morgan fingerprint density at radius 1 is 1.44 bits per heavy atom. The Hall–Kier alpha value is -1.50. The zero-order chi connectivity index (χ0) is 7.28. The highest BCUT2D eigenvalue weighted by Gasteiger charge is 1.95. The molecule has 0 aliphatic rings. The van der Waals surface area contributed by atoms with E-state index in [4.69, 9.17) is 5.11 Å². The van der Waals surface area contributed by atoms with E-state index in [1.54, 1.807) is 0 Å². The maximum atomic E-state index is 9.85. The SMILES string of the molecule is NOC(=O)N=NC(=O)O. The monoisotopic (exact) mass is 133 g/mol. The third-order valence-electron chi connectivity index (χ3n) is 0.318. The summed E-state index contributed by atoms with van der Waals surface area (Å²) in [5, 5.41) is 12.6. The molecule has 0 fully saturated rings. The second-order valence-electron chi connectivity index (χ2n) is 0.866. The summed E-state index contributed by atoms with van der Waals surface area (Å²) in [6, 6.07) is 0. The molecule has 0 unspecified atom stereocenters. The van der Waals surface area contributed by atoms with Gasteiger partial charge in [-0.05, 0) is 0 Å². The largest absolute Gasteiger partial charge is 0.471 e. The lowest BCUT2D eigenvalue weighted by molar-refractivity contribution is 0.155. The number of hydrogen-bond acceptors (Lipinski definition) is 4. The maximum Gasteiger partial charge on any atom is 0.471 e. The lowest BCUT2D eigenvalue weighted by atomic mass is 11.2. The Morgan fingerprint density at radius 2 is 2.00 bits per heavy atom. The van der Waals surface area contributed by atoms with E-state index in [2.05, 4.69) is 21.0 Å². The van der Waals surface area contributed by atoms with Crippen LogP contribution in [0.3, 0.4) is 0 Å². The van der Waals surface area contributed by atoms with Crippen molar-refractivity contribution in [3.8, 4) is 0 Å². The number of carbonyl (C=O) groups is 2. The molecule has 0 radical (unpaired) electrons. The molecule has 0 aromatic carbocycles. The first-order valence-corrected chi connectivity index (χ1v) is 1.72. The van der Waals surface area contributed by atoms with E-state index in [0.29, 0.717) is 0 Å². The number of nitrogens with zero attached hydrogens (tertiary/aromatic N) is 2. The molecule has 50 valence electrons. The minimum Gasteiger partial charge on any atom is -0.462 e. The van der Waals surface area contributed by atoms with Gasteiger partial charge in [0.2, 0.25) is 0 Å². The van der Waals surface area contributed by atoms with E-state index >= 15 is 0 Å². The van der Waals surface area contributed by atoms with Gasteiger partial charge in [-0.3, -0.25) is 0 Å². The molecule has 0 aliphatic heterocycles. The van der Waals surface area contributed by atoms with E-state index < -0.39 is 12.2 Å². The summed E-state index contributed by atoms with van der Waals surface area (Å²) in [6.45, 7) is 0. The van der Waals surface area contributed by atoms with Gasteiger partial charge < -0.3 is 9.94 Å². The molecule has 0 saturated carbocycles. The number of amides is 2. The number of azo groups is 1. The van der Waals surface area contributed by atoms with Gasteiger partial charge in [-0.15, -0.1) is 0 Å². The number of carboxylic acid groups (broad SMARTS) is 1. The van der Waals surface area contributed by atoms with Crippen LogP contribution < -0.4 is 5.90 Å². The van der Waals surface area contributed by atoms with Crippen molar-refractivity contribution in [1.29, 1.82) is 0 Å². The second kappa shape index (κ2) is 3.50. The average molecular weight is 133 g/mol. The molecule has 2 amide bonds. The van der Waals surface area contributed by atoms with Crippen molar-refractivity contribution in [2.75, 3.05) is 0 Å². The van der Waals surface area contributed by atoms with Gasteiger partial charge in [-0.25, -0.2) is 9.59 Å². The lowest BCUT2D eigenvalue weighted by Gasteiger charge is -1.82. The Kier molecular flexibility index (Phi) is 2.91. The van der Waals surface area contributed by atoms with Crippen LogP contribution in [0.5, 0.6) is 0 Å². The van der Waals surface area contributed by atoms with Crippen LogP contribution in [-0.4, -0.2) is 17.3 Å². The third kappa shape index (κ3) is 4.35. The molecule has 0 aliphatic carbocycles. The first kappa shape index (κ1) is 7.50. The summed E-state index contributed by atoms with van der Waals surface area (Å²) < 4.78 is 0. The maximum absolute atomic E-state index is 9.85. The average Bonchev–Trinajstić information content (AvgIpc) is 1.83. The van der Waals surface area contributed by atoms with Crippen LogP contribution in [0.2, 0.25) is 0 Å². The van der Waals surface area contributed by atoms with Crippen LogP contribution in [0.25, 0.3) is 0 Å². The molecule has 0 spiro atoms. The van der Waals surface area contributed by atoms with Crippen molar-refractivity contribution in [2.45, 2.75) is 0 Å². The first-order valence-electron chi connectivity index (χ1n) is 1.72. The van der Waals surface area contributed by atoms with Crippen molar-refractivity contribution < 1.29 is 19.5 Å². The smallest absolute Gasteiger partial charge is 0.462 e. The molecule has 0 rings (SSSR count). The number of carbonyl (C=O) groups excluding carboxylic acids is 1. The van der Waals surface area contributed by atoms with Crippen LogP contribution in [0, 0.1) is 0 Å². The summed E-state index contributed by atoms with van der Waals surface area (Å²) >= 11 is 0. The summed E-state index contributed by atoms with van der Waals surface area (Å²) in [7, 11) is 0. The van der Waals surface area contributed by atoms with E-state index in [9.17, 15) is 9.59 Å². The Balaban J connectivity index is 3.71. The molecule has 0 heterocycles. The summed E-state index contributed by atoms with van der Waals surface area (Å²) in [5.41, 5.74) is 0. The Labute approximate surface area is 49.1 Å². The highest BCUT2D eigenvalue weighted by molar-refractivity contribution is 5.71. The Bertz CT molecular complexity index is 152. The van der Waals surface area contributed by atoms with E-state index in [1.165, 1.54) is 0 Å². The number of hydrogen-bond donors (Lipinski definition) is 2. The molecular weight excluding hydrogens is 130 g/mol. The van der Waals surface area contributed by atoms with Gasteiger partial charge in [0.15, 0.2) is 0 Å². The van der Waals surface area contributed by atoms with Crippen LogP contribution >= 0.6 is 0 Å². The van der Waals surface area contributed by atoms with Gasteiger partial charge in [0.25, 0.3) is 0 Å². The molecule has 0 atom stereocenters. The minimum atomic E-state index is -1.58. The minimum absolute atomic E-state index is 1.25. The molecule has 3 N–H and O–H groups in total. The van der Waals surface area contributed by atoms with E-state index in [0.717, 1.165) is 0 Å². The summed E-state index contributed by atoms with van der Waals surface area (Å²) in [4.78, 5) is 22.8. The van der Waals surface area contributed by atoms with Gasteiger partial charge >= 0.3 is 12.2 Å². The fourth-order valence-electron chi connectivity index (χ4n) is 0.107. The van der Waals surface area contributed by atoms with Crippen molar-refractivity contribution in [2.24, 2.45) is 16.1 Å². The lowest BCUT2D eigenvalue weighted by Crippen LogP contribution is -2.04. The molecule has 0 bridgehead atoms. The zero-order valence-electron chi connectivity index (χ0n) is 4.14. The fourth-order valence-corrected chi connectivity index (χ4v) is 0.107. The predicted molar refractivity (Wildman–Crippen MR) is 23.5 cm³/mol.